The van der Waals surface area contributed by atoms with E-state index in [4.69, 9.17) is 13.9 Å². The maximum absolute atomic E-state index is 12.9. The lowest BCUT2D eigenvalue weighted by molar-refractivity contribution is -0.145. The zero-order valence-electron chi connectivity index (χ0n) is 17.4. The van der Waals surface area contributed by atoms with E-state index in [9.17, 15) is 19.5 Å². The molecule has 1 N–H and O–H groups in total. The van der Waals surface area contributed by atoms with E-state index >= 15 is 0 Å². The summed E-state index contributed by atoms with van der Waals surface area (Å²) in [7, 11) is 0. The Kier molecular flexibility index (Phi) is 4.02. The largest absolute Gasteiger partial charge is 0.507 e. The summed E-state index contributed by atoms with van der Waals surface area (Å²) in [6, 6.07) is 6.89. The van der Waals surface area contributed by atoms with E-state index in [0.717, 1.165) is 22.3 Å². The number of carbonyl (C=O) groups is 2. The third-order valence-corrected chi connectivity index (χ3v) is 6.44. The second-order valence-electron chi connectivity index (χ2n) is 8.34. The summed E-state index contributed by atoms with van der Waals surface area (Å²) in [5.41, 5.74) is 3.28. The molecule has 1 aromatic heterocycles. The molecule has 1 fully saturated rings. The Labute approximate surface area is 177 Å². The van der Waals surface area contributed by atoms with Gasteiger partial charge in [0.25, 0.3) is 0 Å². The third kappa shape index (κ3) is 2.69. The van der Waals surface area contributed by atoms with Crippen LogP contribution in [0.1, 0.15) is 45.4 Å². The van der Waals surface area contributed by atoms with E-state index < -0.39 is 35.5 Å². The van der Waals surface area contributed by atoms with E-state index in [1.807, 2.05) is 33.8 Å². The van der Waals surface area contributed by atoms with Crippen molar-refractivity contribution < 1.29 is 28.6 Å². The standard InChI is InChI=1S/C24H20O7/c1-9-5-13-15(7-11(9)3)29-23(27)18(20(13)25)17-19-21(31-22(17)26)14-6-10(2)12(4)8-16(14)30-24(19)28/h5-8,17,19,21,25H,1-4H3. The molecular formula is C24H20O7. The number of rotatable bonds is 1. The summed E-state index contributed by atoms with van der Waals surface area (Å²) in [6.45, 7) is 7.51. The molecule has 3 unspecified atom stereocenters. The molecule has 2 aliphatic heterocycles. The van der Waals surface area contributed by atoms with E-state index in [0.29, 0.717) is 16.7 Å². The van der Waals surface area contributed by atoms with Gasteiger partial charge in [-0.1, -0.05) is 0 Å². The molecule has 0 aliphatic carbocycles. The molecule has 3 heterocycles. The minimum atomic E-state index is -1.32. The number of benzene rings is 2. The monoisotopic (exact) mass is 420 g/mol. The molecule has 2 aliphatic rings. The summed E-state index contributed by atoms with van der Waals surface area (Å²) in [4.78, 5) is 38.6. The normalized spacial score (nSPS) is 22.1. The summed E-state index contributed by atoms with van der Waals surface area (Å²) >= 11 is 0. The van der Waals surface area contributed by atoms with Gasteiger partial charge in [0.2, 0.25) is 0 Å². The van der Waals surface area contributed by atoms with Gasteiger partial charge in [0, 0.05) is 5.56 Å². The number of aryl methyl sites for hydroxylation is 4. The van der Waals surface area contributed by atoms with Crippen LogP contribution in [0, 0.1) is 33.6 Å². The molecule has 0 spiro atoms. The lowest BCUT2D eigenvalue weighted by Gasteiger charge is -2.27. The first-order valence-corrected chi connectivity index (χ1v) is 9.97. The van der Waals surface area contributed by atoms with Crippen molar-refractivity contribution in [1.29, 1.82) is 0 Å². The fourth-order valence-electron chi connectivity index (χ4n) is 4.44. The van der Waals surface area contributed by atoms with Crippen LogP contribution in [0.3, 0.4) is 0 Å². The van der Waals surface area contributed by atoms with Crippen LogP contribution in [0.25, 0.3) is 11.0 Å². The smallest absolute Gasteiger partial charge is 0.344 e. The molecule has 2 aromatic carbocycles. The molecule has 3 atom stereocenters. The van der Waals surface area contributed by atoms with Crippen LogP contribution in [0.2, 0.25) is 0 Å². The molecule has 158 valence electrons. The molecule has 7 nitrogen and oxygen atoms in total. The second kappa shape index (κ2) is 6.44. The highest BCUT2D eigenvalue weighted by molar-refractivity contribution is 5.95. The van der Waals surface area contributed by atoms with Crippen molar-refractivity contribution in [1.82, 2.24) is 0 Å². The van der Waals surface area contributed by atoms with Crippen LogP contribution in [0.15, 0.2) is 33.5 Å². The third-order valence-electron chi connectivity index (χ3n) is 6.44. The average molecular weight is 420 g/mol. The highest BCUT2D eigenvalue weighted by atomic mass is 16.6. The molecule has 0 radical (unpaired) electrons. The van der Waals surface area contributed by atoms with Crippen LogP contribution in [0.5, 0.6) is 11.5 Å². The fourth-order valence-corrected chi connectivity index (χ4v) is 4.44. The number of aromatic hydroxyl groups is 1. The van der Waals surface area contributed by atoms with Gasteiger partial charge < -0.3 is 19.0 Å². The van der Waals surface area contributed by atoms with Crippen molar-refractivity contribution in [2.75, 3.05) is 0 Å². The number of carbonyl (C=O) groups excluding carboxylic acids is 2. The summed E-state index contributed by atoms with van der Waals surface area (Å²) in [6.07, 6.45) is -0.901. The maximum Gasteiger partial charge on any atom is 0.344 e. The molecule has 0 amide bonds. The number of ether oxygens (including phenoxy) is 2. The molecular weight excluding hydrogens is 400 g/mol. The van der Waals surface area contributed by atoms with Gasteiger partial charge >= 0.3 is 17.6 Å². The number of esters is 2. The Morgan fingerprint density at radius 3 is 2.23 bits per heavy atom. The minimum Gasteiger partial charge on any atom is -0.507 e. The zero-order valence-corrected chi connectivity index (χ0v) is 17.4. The Morgan fingerprint density at radius 1 is 0.839 bits per heavy atom. The Hall–Kier alpha value is -3.61. The van der Waals surface area contributed by atoms with Crippen molar-refractivity contribution in [3.63, 3.8) is 0 Å². The molecule has 7 heteroatoms. The Balaban J connectivity index is 1.70. The first-order valence-electron chi connectivity index (χ1n) is 9.97. The van der Waals surface area contributed by atoms with Crippen molar-refractivity contribution in [2.45, 2.75) is 39.7 Å². The Morgan fingerprint density at radius 2 is 1.48 bits per heavy atom. The highest BCUT2D eigenvalue weighted by Gasteiger charge is 2.56. The Bertz CT molecular complexity index is 1360. The van der Waals surface area contributed by atoms with Gasteiger partial charge in [0.15, 0.2) is 0 Å². The van der Waals surface area contributed by atoms with Gasteiger partial charge in [-0.2, -0.15) is 0 Å². The van der Waals surface area contributed by atoms with Crippen molar-refractivity contribution >= 4 is 22.9 Å². The second-order valence-corrected chi connectivity index (χ2v) is 8.34. The van der Waals surface area contributed by atoms with Crippen molar-refractivity contribution in [2.24, 2.45) is 5.92 Å². The van der Waals surface area contributed by atoms with E-state index in [1.165, 1.54) is 0 Å². The van der Waals surface area contributed by atoms with Crippen molar-refractivity contribution in [3.05, 3.63) is 68.1 Å². The minimum absolute atomic E-state index is 0.208. The maximum atomic E-state index is 12.9. The predicted octanol–water partition coefficient (Wildman–Crippen LogP) is 3.65. The summed E-state index contributed by atoms with van der Waals surface area (Å²) < 4.78 is 16.5. The molecule has 0 bridgehead atoms. The van der Waals surface area contributed by atoms with Crippen molar-refractivity contribution in [3.8, 4) is 11.5 Å². The van der Waals surface area contributed by atoms with Crippen LogP contribution in [-0.4, -0.2) is 17.0 Å². The van der Waals surface area contributed by atoms with Gasteiger partial charge in [-0.15, -0.1) is 0 Å². The lowest BCUT2D eigenvalue weighted by Crippen LogP contribution is -2.34. The van der Waals surface area contributed by atoms with Gasteiger partial charge in [0.1, 0.15) is 35.0 Å². The molecule has 0 saturated carbocycles. The first kappa shape index (κ1) is 19.4. The highest BCUT2D eigenvalue weighted by Crippen LogP contribution is 2.52. The lowest BCUT2D eigenvalue weighted by atomic mass is 9.80. The molecule has 3 aromatic rings. The summed E-state index contributed by atoms with van der Waals surface area (Å²) in [5.74, 6) is -3.92. The molecule has 31 heavy (non-hydrogen) atoms. The van der Waals surface area contributed by atoms with Crippen LogP contribution < -0.4 is 10.4 Å². The predicted molar refractivity (Wildman–Crippen MR) is 110 cm³/mol. The molecule has 5 rings (SSSR count). The zero-order chi connectivity index (χ0) is 22.2. The van der Waals surface area contributed by atoms with E-state index in [1.54, 1.807) is 18.2 Å². The number of hydrogen-bond donors (Lipinski definition) is 1. The topological polar surface area (TPSA) is 103 Å². The number of hydrogen-bond acceptors (Lipinski definition) is 7. The quantitative estimate of drug-likeness (QED) is 0.364. The number of fused-ring (bicyclic) bond motifs is 4. The van der Waals surface area contributed by atoms with Gasteiger partial charge in [-0.25, -0.2) is 4.79 Å². The van der Waals surface area contributed by atoms with Crippen LogP contribution in [-0.2, 0) is 14.3 Å². The fraction of sp³-hybridized carbons (Fsp3) is 0.292. The van der Waals surface area contributed by atoms with E-state index in [2.05, 4.69) is 0 Å². The van der Waals surface area contributed by atoms with Gasteiger partial charge in [0.05, 0.1) is 10.9 Å². The molecule has 1 saturated heterocycles. The SMILES string of the molecule is Cc1cc2c(cc1C)C1OC(=O)C(c3c(O)c4cc(C)c(C)cc4oc3=O)C1C(=O)O2. The van der Waals surface area contributed by atoms with Gasteiger partial charge in [-0.05, 0) is 74.2 Å². The van der Waals surface area contributed by atoms with Gasteiger partial charge in [-0.3, -0.25) is 9.59 Å². The average Bonchev–Trinajstić information content (AvgIpc) is 3.03. The van der Waals surface area contributed by atoms with E-state index in [-0.39, 0.29) is 16.9 Å². The van der Waals surface area contributed by atoms with Crippen LogP contribution in [0.4, 0.5) is 0 Å². The first-order chi connectivity index (χ1) is 14.7. The summed E-state index contributed by atoms with van der Waals surface area (Å²) in [5, 5.41) is 11.3. The van der Waals surface area contributed by atoms with Crippen LogP contribution >= 0.6 is 0 Å².